The van der Waals surface area contributed by atoms with Crippen LogP contribution in [0.25, 0.3) is 0 Å². The number of ketones is 1. The highest BCUT2D eigenvalue weighted by Crippen LogP contribution is 2.14. The molecule has 0 bridgehead atoms. The van der Waals surface area contributed by atoms with Crippen LogP contribution in [0.5, 0.6) is 0 Å². The molecule has 0 radical (unpaired) electrons. The second kappa shape index (κ2) is 6.01. The van der Waals surface area contributed by atoms with Crippen molar-refractivity contribution in [1.29, 1.82) is 10.7 Å². The summed E-state index contributed by atoms with van der Waals surface area (Å²) in [6, 6.07) is 6.68. The summed E-state index contributed by atoms with van der Waals surface area (Å²) < 4.78 is 0.663. The number of thioether (sulfide) groups is 1. The van der Waals surface area contributed by atoms with E-state index in [-0.39, 0.29) is 17.2 Å². The molecule has 1 aromatic heterocycles. The number of hydrogen-bond donors (Lipinski definition) is 1. The van der Waals surface area contributed by atoms with Crippen molar-refractivity contribution in [2.45, 2.75) is 11.9 Å². The van der Waals surface area contributed by atoms with Gasteiger partial charge in [-0.3, -0.25) is 4.79 Å². The summed E-state index contributed by atoms with van der Waals surface area (Å²) >= 11 is 1.07. The maximum absolute atomic E-state index is 11.6. The number of carbonyl (C=O) groups is 1. The van der Waals surface area contributed by atoms with Gasteiger partial charge in [-0.05, 0) is 24.8 Å². The second-order valence-corrected chi connectivity index (χ2v) is 4.36. The molecule has 1 atom stereocenters. The molecule has 1 aromatic rings. The third kappa shape index (κ3) is 3.57. The fraction of sp³-hybridized carbons (Fsp3) is 0.273. The van der Waals surface area contributed by atoms with E-state index in [1.165, 1.54) is 13.1 Å². The Bertz CT molecular complexity index is 482. The van der Waals surface area contributed by atoms with Gasteiger partial charge in [0, 0.05) is 17.8 Å². The largest absolute Gasteiger partial charge is 0.618 e. The molecule has 0 aliphatic carbocycles. The molecule has 1 rings (SSSR count). The summed E-state index contributed by atoms with van der Waals surface area (Å²) in [5, 5.41) is 27.7. The number of pyridine rings is 1. The Morgan fingerprint density at radius 3 is 2.94 bits per heavy atom. The average Bonchev–Trinajstić information content (AvgIpc) is 2.28. The second-order valence-electron chi connectivity index (χ2n) is 3.36. The van der Waals surface area contributed by atoms with Crippen molar-refractivity contribution in [2.24, 2.45) is 5.92 Å². The lowest BCUT2D eigenvalue weighted by molar-refractivity contribution is -0.645. The molecule has 0 aliphatic rings. The number of rotatable bonds is 5. The Kier molecular flexibility index (Phi) is 4.67. The topological polar surface area (TPSA) is 91.7 Å². The average molecular weight is 249 g/mol. The number of hydrogen-bond acceptors (Lipinski definition) is 5. The van der Waals surface area contributed by atoms with Gasteiger partial charge in [0.1, 0.15) is 5.92 Å². The maximum Gasteiger partial charge on any atom is 0.251 e. The van der Waals surface area contributed by atoms with Gasteiger partial charge < -0.3 is 10.6 Å². The molecule has 1 unspecified atom stereocenters. The van der Waals surface area contributed by atoms with Gasteiger partial charge in [0.25, 0.3) is 5.03 Å². The van der Waals surface area contributed by atoms with E-state index in [1.807, 2.05) is 0 Å². The minimum Gasteiger partial charge on any atom is -0.618 e. The van der Waals surface area contributed by atoms with Gasteiger partial charge in [0.05, 0.1) is 11.8 Å². The van der Waals surface area contributed by atoms with Crippen LogP contribution < -0.4 is 4.73 Å². The van der Waals surface area contributed by atoms with Crippen molar-refractivity contribution >= 4 is 23.3 Å². The molecule has 0 saturated heterocycles. The molecule has 1 heterocycles. The molecule has 17 heavy (non-hydrogen) atoms. The summed E-state index contributed by atoms with van der Waals surface area (Å²) in [5.41, 5.74) is 0.0289. The highest BCUT2D eigenvalue weighted by Gasteiger charge is 2.21. The zero-order valence-electron chi connectivity index (χ0n) is 9.21. The molecule has 0 aromatic carbocycles. The molecule has 0 spiro atoms. The summed E-state index contributed by atoms with van der Waals surface area (Å²) in [6.07, 6.45) is 1.34. The number of nitrogens with one attached hydrogen (secondary N) is 1. The Hall–Kier alpha value is -1.87. The van der Waals surface area contributed by atoms with Crippen LogP contribution in [0.15, 0.2) is 29.4 Å². The van der Waals surface area contributed by atoms with Crippen LogP contribution in [0.4, 0.5) is 0 Å². The number of nitriles is 1. The standard InChI is InChI=1S/C11H11N3O2S/c1-8(13)9(6-12)10(15)7-17-11-4-2-3-5-14(11)16/h2-5,9,13H,7H2,1H3. The minimum absolute atomic E-state index is 0.0146. The van der Waals surface area contributed by atoms with Crippen molar-refractivity contribution in [2.75, 3.05) is 5.75 Å². The zero-order valence-corrected chi connectivity index (χ0v) is 10.0. The van der Waals surface area contributed by atoms with E-state index < -0.39 is 5.92 Å². The molecule has 88 valence electrons. The predicted molar refractivity (Wildman–Crippen MR) is 63.6 cm³/mol. The first-order valence-corrected chi connectivity index (χ1v) is 5.83. The molecule has 5 nitrogen and oxygen atoms in total. The van der Waals surface area contributed by atoms with E-state index in [1.54, 1.807) is 24.3 Å². The van der Waals surface area contributed by atoms with Gasteiger partial charge in [-0.25, -0.2) is 0 Å². The van der Waals surface area contributed by atoms with Gasteiger partial charge in [0.2, 0.25) is 0 Å². The molecular weight excluding hydrogens is 238 g/mol. The summed E-state index contributed by atoms with van der Waals surface area (Å²) in [7, 11) is 0. The first kappa shape index (κ1) is 13.2. The van der Waals surface area contributed by atoms with Gasteiger partial charge in [-0.1, -0.05) is 0 Å². The van der Waals surface area contributed by atoms with E-state index >= 15 is 0 Å². The third-order valence-corrected chi connectivity index (χ3v) is 3.08. The Labute approximate surface area is 103 Å². The van der Waals surface area contributed by atoms with Crippen LogP contribution in [0, 0.1) is 27.9 Å². The van der Waals surface area contributed by atoms with Crippen LogP contribution in [-0.4, -0.2) is 17.2 Å². The zero-order chi connectivity index (χ0) is 12.8. The first-order valence-electron chi connectivity index (χ1n) is 4.84. The maximum atomic E-state index is 11.6. The van der Waals surface area contributed by atoms with Gasteiger partial charge >= 0.3 is 0 Å². The van der Waals surface area contributed by atoms with Crippen LogP contribution in [-0.2, 0) is 4.79 Å². The van der Waals surface area contributed by atoms with E-state index in [9.17, 15) is 10.0 Å². The van der Waals surface area contributed by atoms with Gasteiger partial charge in [-0.15, -0.1) is 0 Å². The summed E-state index contributed by atoms with van der Waals surface area (Å²) in [4.78, 5) is 11.6. The van der Waals surface area contributed by atoms with Gasteiger partial charge in [-0.2, -0.15) is 9.99 Å². The fourth-order valence-corrected chi connectivity index (χ4v) is 1.98. The first-order chi connectivity index (χ1) is 8.06. The smallest absolute Gasteiger partial charge is 0.251 e. The number of carbonyl (C=O) groups excluding carboxylic acids is 1. The lowest BCUT2D eigenvalue weighted by atomic mass is 10.0. The van der Waals surface area contributed by atoms with E-state index in [0.29, 0.717) is 9.76 Å². The molecule has 0 aliphatic heterocycles. The van der Waals surface area contributed by atoms with Crippen molar-refractivity contribution < 1.29 is 9.52 Å². The van der Waals surface area contributed by atoms with Crippen LogP contribution >= 0.6 is 11.8 Å². The van der Waals surface area contributed by atoms with Crippen molar-refractivity contribution in [3.63, 3.8) is 0 Å². The lowest BCUT2D eigenvalue weighted by Gasteiger charge is -2.06. The molecule has 0 fully saturated rings. The lowest BCUT2D eigenvalue weighted by Crippen LogP contribution is -2.29. The molecular formula is C11H11N3O2S. The Morgan fingerprint density at radius 2 is 2.41 bits per heavy atom. The van der Waals surface area contributed by atoms with Gasteiger partial charge in [0.15, 0.2) is 12.0 Å². The molecule has 0 amide bonds. The minimum atomic E-state index is -1.01. The van der Waals surface area contributed by atoms with Crippen LogP contribution in [0.1, 0.15) is 6.92 Å². The third-order valence-electron chi connectivity index (χ3n) is 2.03. The molecule has 6 heteroatoms. The van der Waals surface area contributed by atoms with E-state index in [0.717, 1.165) is 11.8 Å². The predicted octanol–water partition coefficient (Wildman–Crippen LogP) is 1.16. The van der Waals surface area contributed by atoms with E-state index in [4.69, 9.17) is 10.7 Å². The SMILES string of the molecule is CC(=N)C(C#N)C(=O)CSc1cccc[n+]1[O-]. The molecule has 1 N–H and O–H groups in total. The monoisotopic (exact) mass is 249 g/mol. The van der Waals surface area contributed by atoms with Crippen LogP contribution in [0.3, 0.4) is 0 Å². The highest BCUT2D eigenvalue weighted by molar-refractivity contribution is 7.99. The van der Waals surface area contributed by atoms with E-state index in [2.05, 4.69) is 0 Å². The summed E-state index contributed by atoms with van der Waals surface area (Å²) in [5.74, 6) is -1.35. The molecule has 0 saturated carbocycles. The van der Waals surface area contributed by atoms with Crippen molar-refractivity contribution in [3.05, 3.63) is 29.6 Å². The van der Waals surface area contributed by atoms with Crippen molar-refractivity contribution in [1.82, 2.24) is 0 Å². The normalized spacial score (nSPS) is 11.5. The highest BCUT2D eigenvalue weighted by atomic mass is 32.2. The van der Waals surface area contributed by atoms with Crippen molar-refractivity contribution in [3.8, 4) is 6.07 Å². The number of nitrogens with zero attached hydrogens (tertiary/aromatic N) is 2. The quantitative estimate of drug-likeness (QED) is 0.367. The number of Topliss-reactive ketones (excluding diaryl/α,β-unsaturated/α-hetero) is 1. The Balaban J connectivity index is 2.63. The summed E-state index contributed by atoms with van der Waals surface area (Å²) in [6.45, 7) is 1.42. The number of aromatic nitrogens is 1. The fourth-order valence-electron chi connectivity index (χ4n) is 1.16. The van der Waals surface area contributed by atoms with Crippen LogP contribution in [0.2, 0.25) is 0 Å². The Morgan fingerprint density at radius 1 is 1.71 bits per heavy atom.